The van der Waals surface area contributed by atoms with Crippen molar-refractivity contribution in [1.29, 1.82) is 0 Å². The molecule has 0 radical (unpaired) electrons. The van der Waals surface area contributed by atoms with E-state index in [0.717, 1.165) is 0 Å². The standard InChI is InChI=1S/C8H7BrF3NO3S/c9-6-1-3-7(4-2-6)17(14,15)13-16-5-8(10,11)12/h1-4,13H,5H2. The molecule has 0 saturated carbocycles. The van der Waals surface area contributed by atoms with E-state index in [9.17, 15) is 21.6 Å². The molecule has 1 aromatic rings. The second-order valence-corrected chi connectivity index (χ2v) is 5.51. The molecule has 17 heavy (non-hydrogen) atoms. The quantitative estimate of drug-likeness (QED) is 0.859. The Morgan fingerprint density at radius 1 is 1.24 bits per heavy atom. The summed E-state index contributed by atoms with van der Waals surface area (Å²) in [5.74, 6) is 0. The summed E-state index contributed by atoms with van der Waals surface area (Å²) in [6, 6.07) is 5.34. The molecule has 96 valence electrons. The van der Waals surface area contributed by atoms with E-state index in [2.05, 4.69) is 20.8 Å². The first-order chi connectivity index (χ1) is 7.71. The van der Waals surface area contributed by atoms with E-state index in [0.29, 0.717) is 4.47 Å². The number of alkyl halides is 3. The summed E-state index contributed by atoms with van der Waals surface area (Å²) in [6.07, 6.45) is -4.60. The van der Waals surface area contributed by atoms with Gasteiger partial charge in [0.2, 0.25) is 0 Å². The molecule has 0 aromatic heterocycles. The van der Waals surface area contributed by atoms with Crippen molar-refractivity contribution < 1.29 is 26.4 Å². The zero-order valence-corrected chi connectivity index (χ0v) is 10.6. The van der Waals surface area contributed by atoms with E-state index < -0.39 is 22.8 Å². The van der Waals surface area contributed by atoms with Gasteiger partial charge in [0.15, 0.2) is 6.61 Å². The van der Waals surface area contributed by atoms with Crippen LogP contribution in [0.15, 0.2) is 33.6 Å². The Morgan fingerprint density at radius 2 is 1.76 bits per heavy atom. The normalized spacial score (nSPS) is 12.7. The van der Waals surface area contributed by atoms with Crippen LogP contribution in [0.5, 0.6) is 0 Å². The average Bonchev–Trinajstić information content (AvgIpc) is 2.15. The first-order valence-electron chi connectivity index (χ1n) is 4.17. The third kappa shape index (κ3) is 5.02. The van der Waals surface area contributed by atoms with Crippen LogP contribution < -0.4 is 4.89 Å². The molecule has 1 N–H and O–H groups in total. The monoisotopic (exact) mass is 333 g/mol. The summed E-state index contributed by atoms with van der Waals surface area (Å²) in [5, 5.41) is 0. The van der Waals surface area contributed by atoms with Crippen molar-refractivity contribution in [2.75, 3.05) is 6.61 Å². The Balaban J connectivity index is 2.66. The minimum atomic E-state index is -4.60. The molecule has 0 unspecified atom stereocenters. The van der Waals surface area contributed by atoms with E-state index in [4.69, 9.17) is 0 Å². The molecular formula is C8H7BrF3NO3S. The summed E-state index contributed by atoms with van der Waals surface area (Å²) >= 11 is 3.10. The topological polar surface area (TPSA) is 55.4 Å². The van der Waals surface area contributed by atoms with Crippen molar-refractivity contribution in [3.8, 4) is 0 Å². The number of benzene rings is 1. The highest BCUT2D eigenvalue weighted by molar-refractivity contribution is 9.10. The van der Waals surface area contributed by atoms with Crippen LogP contribution in [0.2, 0.25) is 0 Å². The Hall–Kier alpha value is -0.640. The zero-order chi connectivity index (χ0) is 13.1. The fourth-order valence-corrected chi connectivity index (χ4v) is 1.92. The molecule has 9 heteroatoms. The summed E-state index contributed by atoms with van der Waals surface area (Å²) in [4.78, 5) is 5.07. The SMILES string of the molecule is O=S(=O)(NOCC(F)(F)F)c1ccc(Br)cc1. The van der Waals surface area contributed by atoms with E-state index in [-0.39, 0.29) is 4.90 Å². The molecule has 0 aliphatic heterocycles. The van der Waals surface area contributed by atoms with Crippen LogP contribution in [-0.2, 0) is 14.9 Å². The fraction of sp³-hybridized carbons (Fsp3) is 0.250. The molecular weight excluding hydrogens is 327 g/mol. The van der Waals surface area contributed by atoms with Crippen LogP contribution in [0.25, 0.3) is 0 Å². The molecule has 0 amide bonds. The Kier molecular flexibility index (Phi) is 4.53. The van der Waals surface area contributed by atoms with Crippen LogP contribution in [-0.4, -0.2) is 21.2 Å². The van der Waals surface area contributed by atoms with Gasteiger partial charge in [0.1, 0.15) is 0 Å². The van der Waals surface area contributed by atoms with Crippen molar-refractivity contribution in [1.82, 2.24) is 4.89 Å². The lowest BCUT2D eigenvalue weighted by Crippen LogP contribution is -2.29. The highest BCUT2D eigenvalue weighted by Gasteiger charge is 2.29. The lowest BCUT2D eigenvalue weighted by atomic mass is 10.4. The molecule has 4 nitrogen and oxygen atoms in total. The van der Waals surface area contributed by atoms with Crippen LogP contribution in [0.4, 0.5) is 13.2 Å². The molecule has 0 spiro atoms. The lowest BCUT2D eigenvalue weighted by molar-refractivity contribution is -0.181. The molecule has 0 aliphatic carbocycles. The van der Waals surface area contributed by atoms with Gasteiger partial charge in [-0.2, -0.15) is 13.2 Å². The molecule has 0 atom stereocenters. The Morgan fingerprint density at radius 3 is 2.24 bits per heavy atom. The molecule has 1 aromatic carbocycles. The lowest BCUT2D eigenvalue weighted by Gasteiger charge is -2.09. The van der Waals surface area contributed by atoms with Crippen LogP contribution in [0, 0.1) is 0 Å². The van der Waals surface area contributed by atoms with Gasteiger partial charge in [-0.1, -0.05) is 20.8 Å². The number of sulfonamides is 1. The van der Waals surface area contributed by atoms with Crippen LogP contribution in [0.3, 0.4) is 0 Å². The van der Waals surface area contributed by atoms with E-state index >= 15 is 0 Å². The van der Waals surface area contributed by atoms with Crippen molar-refractivity contribution >= 4 is 26.0 Å². The first kappa shape index (κ1) is 14.4. The second-order valence-electron chi connectivity index (χ2n) is 2.94. The van der Waals surface area contributed by atoms with Crippen LogP contribution in [0.1, 0.15) is 0 Å². The summed E-state index contributed by atoms with van der Waals surface area (Å²) in [6.45, 7) is -1.69. The van der Waals surface area contributed by atoms with Gasteiger partial charge < -0.3 is 0 Å². The Labute approximate surface area is 104 Å². The molecule has 0 heterocycles. The summed E-state index contributed by atoms with van der Waals surface area (Å²) in [5.41, 5.74) is 0. The third-order valence-corrected chi connectivity index (χ3v) is 3.29. The third-order valence-electron chi connectivity index (χ3n) is 1.53. The zero-order valence-electron chi connectivity index (χ0n) is 8.16. The van der Waals surface area contributed by atoms with Crippen molar-refractivity contribution in [2.45, 2.75) is 11.1 Å². The molecule has 0 bridgehead atoms. The first-order valence-corrected chi connectivity index (χ1v) is 6.44. The van der Waals surface area contributed by atoms with Crippen molar-refractivity contribution in [3.63, 3.8) is 0 Å². The number of hydrogen-bond donors (Lipinski definition) is 1. The number of halogens is 4. The predicted octanol–water partition coefficient (Wildman–Crippen LogP) is 2.22. The maximum Gasteiger partial charge on any atom is 0.413 e. The van der Waals surface area contributed by atoms with Gasteiger partial charge in [-0.3, -0.25) is 4.84 Å². The van der Waals surface area contributed by atoms with Gasteiger partial charge in [-0.15, -0.1) is 0 Å². The average molecular weight is 334 g/mol. The van der Waals surface area contributed by atoms with Gasteiger partial charge in [0, 0.05) is 4.47 Å². The molecule has 1 rings (SSSR count). The predicted molar refractivity (Wildman–Crippen MR) is 56.5 cm³/mol. The molecule has 0 aliphatic rings. The van der Waals surface area contributed by atoms with Gasteiger partial charge in [0.25, 0.3) is 10.0 Å². The summed E-state index contributed by atoms with van der Waals surface area (Å²) in [7, 11) is -4.09. The summed E-state index contributed by atoms with van der Waals surface area (Å²) < 4.78 is 58.6. The minimum Gasteiger partial charge on any atom is -0.277 e. The highest BCUT2D eigenvalue weighted by atomic mass is 79.9. The second kappa shape index (κ2) is 5.34. The van der Waals surface area contributed by atoms with Gasteiger partial charge >= 0.3 is 6.18 Å². The van der Waals surface area contributed by atoms with Gasteiger partial charge in [0.05, 0.1) is 4.90 Å². The van der Waals surface area contributed by atoms with Crippen LogP contribution >= 0.6 is 15.9 Å². The molecule has 0 saturated heterocycles. The van der Waals surface area contributed by atoms with E-state index in [1.807, 2.05) is 0 Å². The van der Waals surface area contributed by atoms with Crippen molar-refractivity contribution in [2.24, 2.45) is 0 Å². The van der Waals surface area contributed by atoms with E-state index in [1.165, 1.54) is 29.2 Å². The highest BCUT2D eigenvalue weighted by Crippen LogP contribution is 2.16. The number of rotatable bonds is 4. The maximum atomic E-state index is 11.7. The number of hydrogen-bond acceptors (Lipinski definition) is 3. The van der Waals surface area contributed by atoms with Crippen molar-refractivity contribution in [3.05, 3.63) is 28.7 Å². The largest absolute Gasteiger partial charge is 0.413 e. The van der Waals surface area contributed by atoms with Gasteiger partial charge in [-0.05, 0) is 24.3 Å². The van der Waals surface area contributed by atoms with Gasteiger partial charge in [-0.25, -0.2) is 8.42 Å². The fourth-order valence-electron chi connectivity index (χ4n) is 0.851. The minimum absolute atomic E-state index is 0.192. The number of nitrogens with one attached hydrogen (secondary N) is 1. The Bertz CT molecular complexity index is 472. The smallest absolute Gasteiger partial charge is 0.277 e. The van der Waals surface area contributed by atoms with E-state index in [1.54, 1.807) is 0 Å². The maximum absolute atomic E-state index is 11.7. The molecule has 0 fully saturated rings.